The fraction of sp³-hybridized carbons (Fsp3) is 0.0526. The number of halogens is 1. The Morgan fingerprint density at radius 1 is 1.04 bits per heavy atom. The number of aromatic nitrogens is 1. The maximum absolute atomic E-state index is 12.5. The van der Waals surface area contributed by atoms with Crippen molar-refractivity contribution in [1.82, 2.24) is 9.71 Å². The van der Waals surface area contributed by atoms with Gasteiger partial charge < -0.3 is 10.3 Å². The number of pyridine rings is 1. The zero-order valence-electron chi connectivity index (χ0n) is 14.5. The van der Waals surface area contributed by atoms with E-state index < -0.39 is 21.5 Å². The Labute approximate surface area is 170 Å². The number of carbonyl (C=O) groups is 1. The van der Waals surface area contributed by atoms with Crippen LogP contribution in [0, 0.1) is 0 Å². The highest BCUT2D eigenvalue weighted by molar-refractivity contribution is 9.10. The number of H-pyrrole nitrogens is 1. The van der Waals surface area contributed by atoms with Crippen molar-refractivity contribution in [1.29, 1.82) is 0 Å². The van der Waals surface area contributed by atoms with Gasteiger partial charge >= 0.3 is 0 Å². The average Bonchev–Trinajstić information content (AvgIpc) is 2.70. The highest BCUT2D eigenvalue weighted by Gasteiger charge is 2.17. The number of nitrogens with one attached hydrogen (secondary N) is 3. The molecule has 0 saturated heterocycles. The molecule has 0 fully saturated rings. The van der Waals surface area contributed by atoms with E-state index in [4.69, 9.17) is 0 Å². The minimum absolute atomic E-state index is 0.0424. The summed E-state index contributed by atoms with van der Waals surface area (Å²) in [6, 6.07) is 16.1. The summed E-state index contributed by atoms with van der Waals surface area (Å²) < 4.78 is 28.2. The largest absolute Gasteiger partial charge is 0.326 e. The lowest BCUT2D eigenvalue weighted by atomic mass is 10.2. The molecule has 3 N–H and O–H groups in total. The maximum Gasteiger partial charge on any atom is 0.271 e. The number of aromatic amines is 1. The summed E-state index contributed by atoms with van der Waals surface area (Å²) in [4.78, 5) is 26.7. The monoisotopic (exact) mass is 461 g/mol. The van der Waals surface area contributed by atoms with Crippen LogP contribution in [0.2, 0.25) is 0 Å². The molecule has 3 rings (SSSR count). The number of amides is 1. The van der Waals surface area contributed by atoms with E-state index in [0.717, 1.165) is 5.56 Å². The molecule has 3 aromatic rings. The van der Waals surface area contributed by atoms with Crippen LogP contribution in [0.25, 0.3) is 0 Å². The second kappa shape index (κ2) is 8.51. The fourth-order valence-electron chi connectivity index (χ4n) is 2.41. The fourth-order valence-corrected chi connectivity index (χ4v) is 3.81. The van der Waals surface area contributed by atoms with E-state index in [1.54, 1.807) is 0 Å². The Kier molecular flexibility index (Phi) is 6.08. The van der Waals surface area contributed by atoms with E-state index in [-0.39, 0.29) is 22.7 Å². The van der Waals surface area contributed by atoms with Crippen molar-refractivity contribution in [3.05, 3.63) is 92.8 Å². The average molecular weight is 462 g/mol. The first-order valence-corrected chi connectivity index (χ1v) is 10.5. The quantitative estimate of drug-likeness (QED) is 0.524. The van der Waals surface area contributed by atoms with Gasteiger partial charge in [-0.2, -0.15) is 0 Å². The molecule has 0 aliphatic carbocycles. The maximum atomic E-state index is 12.5. The van der Waals surface area contributed by atoms with Gasteiger partial charge in [0, 0.05) is 22.8 Å². The molecule has 0 radical (unpaired) electrons. The zero-order chi connectivity index (χ0) is 20.1. The molecule has 1 heterocycles. The molecule has 144 valence electrons. The third-order valence-electron chi connectivity index (χ3n) is 3.83. The molecule has 0 bridgehead atoms. The molecular formula is C19H16BrN3O4S. The third kappa shape index (κ3) is 4.94. The Balaban J connectivity index is 1.78. The zero-order valence-corrected chi connectivity index (χ0v) is 16.9. The molecule has 0 spiro atoms. The van der Waals surface area contributed by atoms with Crippen LogP contribution >= 0.6 is 15.9 Å². The van der Waals surface area contributed by atoms with Gasteiger partial charge in [0.2, 0.25) is 10.0 Å². The van der Waals surface area contributed by atoms with Gasteiger partial charge in [-0.1, -0.05) is 36.4 Å². The number of hydrogen-bond donors (Lipinski definition) is 3. The first-order chi connectivity index (χ1) is 13.3. The lowest BCUT2D eigenvalue weighted by Crippen LogP contribution is -2.24. The van der Waals surface area contributed by atoms with Gasteiger partial charge in [0.15, 0.2) is 0 Å². The van der Waals surface area contributed by atoms with Crippen molar-refractivity contribution in [3.8, 4) is 0 Å². The lowest BCUT2D eigenvalue weighted by molar-refractivity contribution is 0.102. The summed E-state index contributed by atoms with van der Waals surface area (Å²) in [6.45, 7) is 0.132. The Morgan fingerprint density at radius 2 is 1.79 bits per heavy atom. The van der Waals surface area contributed by atoms with Crippen molar-refractivity contribution in [2.24, 2.45) is 0 Å². The second-order valence-electron chi connectivity index (χ2n) is 5.85. The van der Waals surface area contributed by atoms with Gasteiger partial charge in [0.05, 0.1) is 4.90 Å². The van der Waals surface area contributed by atoms with Gasteiger partial charge in [-0.25, -0.2) is 13.1 Å². The Morgan fingerprint density at radius 3 is 2.54 bits per heavy atom. The molecule has 7 nitrogen and oxygen atoms in total. The van der Waals surface area contributed by atoms with Gasteiger partial charge in [-0.3, -0.25) is 9.59 Å². The highest BCUT2D eigenvalue weighted by Crippen LogP contribution is 2.15. The minimum atomic E-state index is -3.81. The van der Waals surface area contributed by atoms with Gasteiger partial charge in [-0.05, 0) is 45.8 Å². The molecule has 9 heteroatoms. The summed E-state index contributed by atoms with van der Waals surface area (Å²) in [6.07, 6.45) is 1.45. The number of rotatable bonds is 6. The van der Waals surface area contributed by atoms with Gasteiger partial charge in [0.25, 0.3) is 11.5 Å². The van der Waals surface area contributed by atoms with Crippen LogP contribution in [-0.2, 0) is 16.6 Å². The molecule has 0 aliphatic heterocycles. The topological polar surface area (TPSA) is 108 Å². The number of benzene rings is 2. The molecule has 1 amide bonds. The van der Waals surface area contributed by atoms with Crippen molar-refractivity contribution < 1.29 is 13.2 Å². The lowest BCUT2D eigenvalue weighted by Gasteiger charge is -2.09. The van der Waals surface area contributed by atoms with Crippen molar-refractivity contribution in [2.75, 3.05) is 5.32 Å². The predicted octanol–water partition coefficient (Wildman–Crippen LogP) is 2.87. The van der Waals surface area contributed by atoms with Gasteiger partial charge in [0.1, 0.15) is 5.69 Å². The van der Waals surface area contributed by atoms with E-state index >= 15 is 0 Å². The smallest absolute Gasteiger partial charge is 0.271 e. The normalized spacial score (nSPS) is 11.2. The number of hydrogen-bond acceptors (Lipinski definition) is 4. The van der Waals surface area contributed by atoms with Crippen LogP contribution in [0.3, 0.4) is 0 Å². The molecule has 2 aromatic carbocycles. The van der Waals surface area contributed by atoms with E-state index in [1.807, 2.05) is 30.3 Å². The van der Waals surface area contributed by atoms with Crippen LogP contribution < -0.4 is 15.6 Å². The van der Waals surface area contributed by atoms with E-state index in [1.165, 1.54) is 36.5 Å². The van der Waals surface area contributed by atoms with Crippen LogP contribution in [0.4, 0.5) is 5.69 Å². The molecule has 0 aliphatic rings. The van der Waals surface area contributed by atoms with Crippen molar-refractivity contribution in [3.63, 3.8) is 0 Å². The van der Waals surface area contributed by atoms with E-state index in [0.29, 0.717) is 4.47 Å². The van der Waals surface area contributed by atoms with Gasteiger partial charge in [-0.15, -0.1) is 0 Å². The minimum Gasteiger partial charge on any atom is -0.326 e. The second-order valence-corrected chi connectivity index (χ2v) is 8.54. The molecular weight excluding hydrogens is 446 g/mol. The Bertz CT molecular complexity index is 1160. The molecule has 0 atom stereocenters. The van der Waals surface area contributed by atoms with Crippen LogP contribution in [0.15, 0.2) is 81.0 Å². The predicted molar refractivity (Wildman–Crippen MR) is 110 cm³/mol. The summed E-state index contributed by atoms with van der Waals surface area (Å²) in [5.41, 5.74) is 0.510. The van der Waals surface area contributed by atoms with E-state index in [2.05, 4.69) is 31.0 Å². The summed E-state index contributed by atoms with van der Waals surface area (Å²) >= 11 is 3.21. The summed E-state index contributed by atoms with van der Waals surface area (Å²) in [5.74, 6) is -0.594. The highest BCUT2D eigenvalue weighted by atomic mass is 79.9. The SMILES string of the molecule is O=C(Nc1cc(Br)c[nH]c1=O)c1cccc(S(=O)(=O)NCc2ccccc2)c1. The molecule has 28 heavy (non-hydrogen) atoms. The number of sulfonamides is 1. The molecule has 1 aromatic heterocycles. The van der Waals surface area contributed by atoms with Crippen molar-refractivity contribution in [2.45, 2.75) is 11.4 Å². The number of carbonyl (C=O) groups excluding carboxylic acids is 1. The number of anilines is 1. The summed E-state index contributed by atoms with van der Waals surface area (Å²) in [7, 11) is -3.81. The van der Waals surface area contributed by atoms with Crippen LogP contribution in [0.5, 0.6) is 0 Å². The van der Waals surface area contributed by atoms with Crippen LogP contribution in [-0.4, -0.2) is 19.3 Å². The third-order valence-corrected chi connectivity index (χ3v) is 5.69. The standard InChI is InChI=1S/C19H16BrN3O4S/c20-15-10-17(19(25)21-12-15)23-18(24)14-7-4-8-16(9-14)28(26,27)22-11-13-5-2-1-3-6-13/h1-10,12,22H,11H2,(H,21,25)(H,23,24). The Hall–Kier alpha value is -2.75. The molecule has 0 unspecified atom stereocenters. The molecule has 0 saturated carbocycles. The van der Waals surface area contributed by atoms with E-state index in [9.17, 15) is 18.0 Å². The summed E-state index contributed by atoms with van der Waals surface area (Å²) in [5, 5.41) is 2.48. The first-order valence-electron chi connectivity index (χ1n) is 8.18. The van der Waals surface area contributed by atoms with Crippen molar-refractivity contribution >= 4 is 37.5 Å². The van der Waals surface area contributed by atoms with Crippen LogP contribution in [0.1, 0.15) is 15.9 Å². The first kappa shape index (κ1) is 20.0.